The number of likely N-dealkylation sites (tertiary alicyclic amines) is 1. The average molecular weight is 351 g/mol. The molecule has 0 radical (unpaired) electrons. The van der Waals surface area contributed by atoms with Crippen molar-refractivity contribution in [1.82, 2.24) is 14.7 Å². The van der Waals surface area contributed by atoms with Crippen LogP contribution in [0, 0.1) is 5.92 Å². The maximum atomic E-state index is 12.5. The van der Waals surface area contributed by atoms with Gasteiger partial charge in [-0.2, -0.15) is 5.10 Å². The molecular weight excluding hydrogens is 326 g/mol. The smallest absolute Gasteiger partial charge is 0.267 e. The van der Waals surface area contributed by atoms with Crippen LogP contribution in [0.15, 0.2) is 41.2 Å². The predicted octanol–water partition coefficient (Wildman–Crippen LogP) is 2.67. The SMILES string of the molecule is O=C(c1ccccc1)N1CCC(Cn2nc3c(cc2=O)CCCC3)CC1. The molecule has 1 aromatic heterocycles. The van der Waals surface area contributed by atoms with Gasteiger partial charge in [-0.3, -0.25) is 9.59 Å². The fraction of sp³-hybridized carbons (Fsp3) is 0.476. The molecule has 1 fully saturated rings. The molecule has 1 aliphatic carbocycles. The van der Waals surface area contributed by atoms with Gasteiger partial charge < -0.3 is 4.90 Å². The molecule has 136 valence electrons. The molecule has 1 saturated heterocycles. The van der Waals surface area contributed by atoms with Crippen LogP contribution in [0.5, 0.6) is 0 Å². The topological polar surface area (TPSA) is 55.2 Å². The van der Waals surface area contributed by atoms with Gasteiger partial charge in [-0.05, 0) is 62.1 Å². The summed E-state index contributed by atoms with van der Waals surface area (Å²) in [5.74, 6) is 0.509. The predicted molar refractivity (Wildman–Crippen MR) is 100 cm³/mol. The van der Waals surface area contributed by atoms with E-state index in [0.717, 1.165) is 68.4 Å². The lowest BCUT2D eigenvalue weighted by molar-refractivity contribution is 0.0680. The lowest BCUT2D eigenvalue weighted by Crippen LogP contribution is -2.40. The van der Waals surface area contributed by atoms with E-state index in [1.807, 2.05) is 35.2 Å². The molecule has 1 aliphatic heterocycles. The first-order valence-electron chi connectivity index (χ1n) is 9.65. The highest BCUT2D eigenvalue weighted by molar-refractivity contribution is 5.94. The van der Waals surface area contributed by atoms with Gasteiger partial charge >= 0.3 is 0 Å². The number of piperidine rings is 1. The molecule has 26 heavy (non-hydrogen) atoms. The van der Waals surface area contributed by atoms with Crippen molar-refractivity contribution in [3.8, 4) is 0 Å². The third-order valence-corrected chi connectivity index (χ3v) is 5.63. The van der Waals surface area contributed by atoms with E-state index in [4.69, 9.17) is 0 Å². The van der Waals surface area contributed by atoms with Crippen molar-refractivity contribution in [3.05, 3.63) is 63.6 Å². The van der Waals surface area contributed by atoms with Gasteiger partial charge in [0.1, 0.15) is 0 Å². The van der Waals surface area contributed by atoms with Crippen molar-refractivity contribution in [2.24, 2.45) is 5.92 Å². The van der Waals surface area contributed by atoms with Crippen LogP contribution in [0.4, 0.5) is 0 Å². The molecular formula is C21H25N3O2. The number of hydrogen-bond acceptors (Lipinski definition) is 3. The number of benzene rings is 1. The van der Waals surface area contributed by atoms with Gasteiger partial charge in [0.25, 0.3) is 11.5 Å². The summed E-state index contributed by atoms with van der Waals surface area (Å²) in [6, 6.07) is 11.2. The summed E-state index contributed by atoms with van der Waals surface area (Å²) < 4.78 is 1.66. The Morgan fingerprint density at radius 3 is 2.58 bits per heavy atom. The molecule has 0 atom stereocenters. The number of hydrogen-bond donors (Lipinski definition) is 0. The van der Waals surface area contributed by atoms with Crippen LogP contribution in [0.25, 0.3) is 0 Å². The molecule has 1 amide bonds. The third kappa shape index (κ3) is 3.57. The first-order chi connectivity index (χ1) is 12.7. The molecule has 2 aliphatic rings. The number of aromatic nitrogens is 2. The number of aryl methyl sites for hydroxylation is 2. The van der Waals surface area contributed by atoms with E-state index < -0.39 is 0 Å². The van der Waals surface area contributed by atoms with Gasteiger partial charge in [0.15, 0.2) is 0 Å². The van der Waals surface area contributed by atoms with E-state index in [1.54, 1.807) is 10.7 Å². The van der Waals surface area contributed by atoms with Crippen molar-refractivity contribution in [2.45, 2.75) is 45.1 Å². The first-order valence-corrected chi connectivity index (χ1v) is 9.65. The summed E-state index contributed by atoms with van der Waals surface area (Å²) in [7, 11) is 0. The van der Waals surface area contributed by atoms with E-state index in [1.165, 1.54) is 0 Å². The number of rotatable bonds is 3. The third-order valence-electron chi connectivity index (χ3n) is 5.63. The van der Waals surface area contributed by atoms with E-state index in [-0.39, 0.29) is 11.5 Å². The zero-order valence-corrected chi connectivity index (χ0v) is 15.1. The Balaban J connectivity index is 1.38. The summed E-state index contributed by atoms with van der Waals surface area (Å²) in [5.41, 5.74) is 3.01. The Morgan fingerprint density at radius 1 is 1.08 bits per heavy atom. The number of amides is 1. The van der Waals surface area contributed by atoms with Crippen LogP contribution in [0.2, 0.25) is 0 Å². The minimum Gasteiger partial charge on any atom is -0.339 e. The van der Waals surface area contributed by atoms with Crippen molar-refractivity contribution in [1.29, 1.82) is 0 Å². The van der Waals surface area contributed by atoms with Crippen molar-refractivity contribution in [2.75, 3.05) is 13.1 Å². The number of carbonyl (C=O) groups excluding carboxylic acids is 1. The van der Waals surface area contributed by atoms with Gasteiger partial charge in [0.05, 0.1) is 5.69 Å². The largest absolute Gasteiger partial charge is 0.339 e. The summed E-state index contributed by atoms with van der Waals surface area (Å²) in [6.07, 6.45) is 6.13. The Labute approximate surface area is 153 Å². The second-order valence-electron chi connectivity index (χ2n) is 7.45. The summed E-state index contributed by atoms with van der Waals surface area (Å²) in [5, 5.41) is 4.63. The highest BCUT2D eigenvalue weighted by Gasteiger charge is 2.24. The molecule has 0 N–H and O–H groups in total. The Morgan fingerprint density at radius 2 is 1.81 bits per heavy atom. The van der Waals surface area contributed by atoms with E-state index in [2.05, 4.69) is 5.10 Å². The van der Waals surface area contributed by atoms with E-state index in [9.17, 15) is 9.59 Å². The number of nitrogens with zero attached hydrogens (tertiary/aromatic N) is 3. The molecule has 2 heterocycles. The Hall–Kier alpha value is -2.43. The van der Waals surface area contributed by atoms with Gasteiger partial charge in [-0.1, -0.05) is 18.2 Å². The van der Waals surface area contributed by atoms with Crippen molar-refractivity contribution < 1.29 is 4.79 Å². The zero-order chi connectivity index (χ0) is 17.9. The quantitative estimate of drug-likeness (QED) is 0.854. The van der Waals surface area contributed by atoms with E-state index >= 15 is 0 Å². The maximum absolute atomic E-state index is 12.5. The highest BCUT2D eigenvalue weighted by atomic mass is 16.2. The standard InChI is InChI=1S/C21H25N3O2/c25-20-14-18-8-4-5-9-19(18)22-24(20)15-16-10-12-23(13-11-16)21(26)17-6-2-1-3-7-17/h1-3,6-7,14,16H,4-5,8-13,15H2. The fourth-order valence-electron chi connectivity index (χ4n) is 4.06. The molecule has 0 bridgehead atoms. The van der Waals surface area contributed by atoms with Gasteiger partial charge in [-0.25, -0.2) is 4.68 Å². The van der Waals surface area contributed by atoms with Crippen LogP contribution in [-0.4, -0.2) is 33.7 Å². The Bertz CT molecular complexity index is 836. The highest BCUT2D eigenvalue weighted by Crippen LogP contribution is 2.21. The lowest BCUT2D eigenvalue weighted by atomic mass is 9.95. The van der Waals surface area contributed by atoms with Gasteiger partial charge in [0.2, 0.25) is 0 Å². The van der Waals surface area contributed by atoms with Crippen LogP contribution in [-0.2, 0) is 19.4 Å². The van der Waals surface area contributed by atoms with Gasteiger partial charge in [-0.15, -0.1) is 0 Å². The first kappa shape index (κ1) is 17.0. The summed E-state index contributed by atoms with van der Waals surface area (Å²) in [6.45, 7) is 2.16. The Kier molecular flexibility index (Phi) is 4.87. The summed E-state index contributed by atoms with van der Waals surface area (Å²) in [4.78, 5) is 26.8. The molecule has 1 aromatic carbocycles. The second kappa shape index (κ2) is 7.44. The maximum Gasteiger partial charge on any atom is 0.267 e. The van der Waals surface area contributed by atoms with Crippen molar-refractivity contribution >= 4 is 5.91 Å². The van der Waals surface area contributed by atoms with Crippen LogP contribution >= 0.6 is 0 Å². The molecule has 4 rings (SSSR count). The molecule has 5 nitrogen and oxygen atoms in total. The average Bonchev–Trinajstić information content (AvgIpc) is 2.69. The van der Waals surface area contributed by atoms with Crippen molar-refractivity contribution in [3.63, 3.8) is 0 Å². The summed E-state index contributed by atoms with van der Waals surface area (Å²) >= 11 is 0. The minimum absolute atomic E-state index is 0.0217. The number of fused-ring (bicyclic) bond motifs is 1. The van der Waals surface area contributed by atoms with Gasteiger partial charge in [0, 0.05) is 31.3 Å². The van der Waals surface area contributed by atoms with Crippen LogP contribution in [0.3, 0.4) is 0 Å². The molecule has 5 heteroatoms. The normalized spacial score (nSPS) is 17.8. The zero-order valence-electron chi connectivity index (χ0n) is 15.1. The van der Waals surface area contributed by atoms with E-state index in [0.29, 0.717) is 12.5 Å². The van der Waals surface area contributed by atoms with Crippen LogP contribution in [0.1, 0.15) is 47.3 Å². The van der Waals surface area contributed by atoms with Crippen LogP contribution < -0.4 is 5.56 Å². The molecule has 0 unspecified atom stereocenters. The molecule has 0 saturated carbocycles. The second-order valence-corrected chi connectivity index (χ2v) is 7.45. The fourth-order valence-corrected chi connectivity index (χ4v) is 4.06. The molecule has 2 aromatic rings. The monoisotopic (exact) mass is 351 g/mol. The molecule has 0 spiro atoms. The number of carbonyl (C=O) groups is 1. The minimum atomic E-state index is 0.0217. The lowest BCUT2D eigenvalue weighted by Gasteiger charge is -2.32.